The molecule has 1 unspecified atom stereocenters. The fourth-order valence-electron chi connectivity index (χ4n) is 0.756. The van der Waals surface area contributed by atoms with Crippen LogP contribution in [0.3, 0.4) is 0 Å². The number of rotatable bonds is 5. The first kappa shape index (κ1) is 9.66. The van der Waals surface area contributed by atoms with Crippen molar-refractivity contribution in [2.75, 3.05) is 20.6 Å². The molecule has 0 fully saturated rings. The lowest BCUT2D eigenvalue weighted by Crippen LogP contribution is -2.25. The second-order valence-electron chi connectivity index (χ2n) is 2.88. The van der Waals surface area contributed by atoms with Crippen LogP contribution in [0.15, 0.2) is 12.7 Å². The van der Waals surface area contributed by atoms with E-state index >= 15 is 0 Å². The van der Waals surface area contributed by atoms with Gasteiger partial charge in [-0.1, -0.05) is 6.08 Å². The van der Waals surface area contributed by atoms with E-state index in [4.69, 9.17) is 5.73 Å². The highest BCUT2D eigenvalue weighted by Gasteiger charge is 1.99. The van der Waals surface area contributed by atoms with Crippen molar-refractivity contribution >= 4 is 0 Å². The molecular weight excluding hydrogens is 124 g/mol. The van der Waals surface area contributed by atoms with Crippen LogP contribution in [-0.2, 0) is 0 Å². The van der Waals surface area contributed by atoms with Crippen LogP contribution < -0.4 is 5.73 Å². The lowest BCUT2D eigenvalue weighted by atomic mass is 10.1. The van der Waals surface area contributed by atoms with E-state index in [1.807, 2.05) is 6.08 Å². The summed E-state index contributed by atoms with van der Waals surface area (Å²) in [6.45, 7) is 4.70. The van der Waals surface area contributed by atoms with E-state index < -0.39 is 0 Å². The van der Waals surface area contributed by atoms with Gasteiger partial charge in [0.2, 0.25) is 0 Å². The Balaban J connectivity index is 3.20. The molecule has 0 heterocycles. The minimum Gasteiger partial charge on any atom is -0.327 e. The zero-order valence-corrected chi connectivity index (χ0v) is 7.01. The number of hydrogen-bond acceptors (Lipinski definition) is 2. The highest BCUT2D eigenvalue weighted by Crippen LogP contribution is 1.95. The van der Waals surface area contributed by atoms with Crippen molar-refractivity contribution in [2.45, 2.75) is 18.9 Å². The Kier molecular flexibility index (Phi) is 5.26. The van der Waals surface area contributed by atoms with Crippen LogP contribution in [0.4, 0.5) is 0 Å². The molecule has 0 bridgehead atoms. The van der Waals surface area contributed by atoms with Crippen molar-refractivity contribution in [2.24, 2.45) is 5.73 Å². The van der Waals surface area contributed by atoms with E-state index in [1.165, 1.54) is 0 Å². The van der Waals surface area contributed by atoms with Crippen LogP contribution in [0.5, 0.6) is 0 Å². The van der Waals surface area contributed by atoms with Crippen LogP contribution in [-0.4, -0.2) is 31.6 Å². The van der Waals surface area contributed by atoms with Crippen LogP contribution in [0, 0.1) is 0 Å². The van der Waals surface area contributed by atoms with E-state index in [9.17, 15) is 0 Å². The predicted molar refractivity (Wildman–Crippen MR) is 46.0 cm³/mol. The van der Waals surface area contributed by atoms with Crippen LogP contribution in [0.1, 0.15) is 12.8 Å². The molecule has 0 rings (SSSR count). The van der Waals surface area contributed by atoms with E-state index in [0.717, 1.165) is 19.4 Å². The quantitative estimate of drug-likeness (QED) is 0.576. The first-order chi connectivity index (χ1) is 4.66. The highest BCUT2D eigenvalue weighted by atomic mass is 15.0. The summed E-state index contributed by atoms with van der Waals surface area (Å²) in [5, 5.41) is 0. The van der Waals surface area contributed by atoms with Gasteiger partial charge in [0.1, 0.15) is 0 Å². The van der Waals surface area contributed by atoms with Gasteiger partial charge in [0.15, 0.2) is 0 Å². The first-order valence-corrected chi connectivity index (χ1v) is 3.68. The van der Waals surface area contributed by atoms with Crippen LogP contribution in [0.25, 0.3) is 0 Å². The van der Waals surface area contributed by atoms with Gasteiger partial charge in [-0.25, -0.2) is 0 Å². The van der Waals surface area contributed by atoms with Gasteiger partial charge in [0, 0.05) is 6.04 Å². The van der Waals surface area contributed by atoms with Crippen molar-refractivity contribution in [1.29, 1.82) is 0 Å². The Hall–Kier alpha value is -0.340. The topological polar surface area (TPSA) is 29.3 Å². The lowest BCUT2D eigenvalue weighted by Gasteiger charge is -2.12. The highest BCUT2D eigenvalue weighted by molar-refractivity contribution is 4.75. The molecule has 0 aliphatic rings. The van der Waals surface area contributed by atoms with Crippen molar-refractivity contribution in [3.8, 4) is 0 Å². The largest absolute Gasteiger partial charge is 0.327 e. The lowest BCUT2D eigenvalue weighted by molar-refractivity contribution is 0.381. The molecule has 0 saturated carbocycles. The maximum atomic E-state index is 5.73. The summed E-state index contributed by atoms with van der Waals surface area (Å²) in [4.78, 5) is 2.14. The maximum absolute atomic E-state index is 5.73. The average molecular weight is 142 g/mol. The number of hydrogen-bond donors (Lipinski definition) is 1. The summed E-state index contributed by atoms with van der Waals surface area (Å²) < 4.78 is 0. The maximum Gasteiger partial charge on any atom is 0.00854 e. The minimum absolute atomic E-state index is 0.292. The van der Waals surface area contributed by atoms with Gasteiger partial charge in [0.05, 0.1) is 0 Å². The molecule has 0 amide bonds. The molecule has 0 radical (unpaired) electrons. The van der Waals surface area contributed by atoms with E-state index in [-0.39, 0.29) is 0 Å². The second-order valence-corrected chi connectivity index (χ2v) is 2.88. The molecule has 60 valence electrons. The molecular formula is C8H18N2. The molecule has 0 spiro atoms. The molecule has 2 N–H and O–H groups in total. The van der Waals surface area contributed by atoms with Gasteiger partial charge in [-0.05, 0) is 33.5 Å². The summed E-state index contributed by atoms with van der Waals surface area (Å²) in [6.07, 6.45) is 3.85. The normalized spacial score (nSPS) is 13.6. The summed E-state index contributed by atoms with van der Waals surface area (Å²) in [5.74, 6) is 0. The third kappa shape index (κ3) is 5.79. The Morgan fingerprint density at radius 1 is 1.60 bits per heavy atom. The summed E-state index contributed by atoms with van der Waals surface area (Å²) in [6, 6.07) is 0.292. The Bertz CT molecular complexity index is 89.3. The number of nitrogens with zero attached hydrogens (tertiary/aromatic N) is 1. The van der Waals surface area contributed by atoms with Gasteiger partial charge in [-0.3, -0.25) is 0 Å². The van der Waals surface area contributed by atoms with Crippen molar-refractivity contribution in [3.05, 3.63) is 12.7 Å². The summed E-state index contributed by atoms with van der Waals surface area (Å²) >= 11 is 0. The van der Waals surface area contributed by atoms with Crippen molar-refractivity contribution in [3.63, 3.8) is 0 Å². The van der Waals surface area contributed by atoms with Gasteiger partial charge in [-0.15, -0.1) is 6.58 Å². The molecule has 10 heavy (non-hydrogen) atoms. The van der Waals surface area contributed by atoms with Crippen molar-refractivity contribution < 1.29 is 0 Å². The van der Waals surface area contributed by atoms with Crippen LogP contribution >= 0.6 is 0 Å². The Morgan fingerprint density at radius 2 is 2.20 bits per heavy atom. The molecule has 2 nitrogen and oxygen atoms in total. The fourth-order valence-corrected chi connectivity index (χ4v) is 0.756. The molecule has 0 aromatic carbocycles. The van der Waals surface area contributed by atoms with E-state index in [2.05, 4.69) is 25.6 Å². The van der Waals surface area contributed by atoms with Gasteiger partial charge in [-0.2, -0.15) is 0 Å². The molecule has 0 saturated heterocycles. The van der Waals surface area contributed by atoms with Gasteiger partial charge < -0.3 is 10.6 Å². The zero-order valence-electron chi connectivity index (χ0n) is 7.01. The third-order valence-electron chi connectivity index (χ3n) is 1.42. The molecule has 1 atom stereocenters. The average Bonchev–Trinajstić information content (AvgIpc) is 1.85. The standard InChI is InChI=1S/C8H18N2/c1-4-5-8(9)6-7-10(2)3/h4,8H,1,5-7,9H2,2-3H3. The summed E-state index contributed by atoms with van der Waals surface area (Å²) in [7, 11) is 4.11. The molecule has 2 heteroatoms. The molecule has 0 aliphatic heterocycles. The Labute approximate surface area is 63.7 Å². The zero-order chi connectivity index (χ0) is 7.98. The fraction of sp³-hybridized carbons (Fsp3) is 0.750. The predicted octanol–water partition coefficient (Wildman–Crippen LogP) is 0.841. The second kappa shape index (κ2) is 5.45. The van der Waals surface area contributed by atoms with Crippen LogP contribution in [0.2, 0.25) is 0 Å². The Morgan fingerprint density at radius 3 is 2.60 bits per heavy atom. The number of nitrogens with two attached hydrogens (primary N) is 1. The minimum atomic E-state index is 0.292. The SMILES string of the molecule is C=CCC(N)CCN(C)C. The smallest absolute Gasteiger partial charge is 0.00854 e. The van der Waals surface area contributed by atoms with Gasteiger partial charge >= 0.3 is 0 Å². The first-order valence-electron chi connectivity index (χ1n) is 3.68. The molecule has 0 aliphatic carbocycles. The van der Waals surface area contributed by atoms with Gasteiger partial charge in [0.25, 0.3) is 0 Å². The molecule has 0 aromatic heterocycles. The summed E-state index contributed by atoms with van der Waals surface area (Å²) in [5.41, 5.74) is 5.73. The monoisotopic (exact) mass is 142 g/mol. The van der Waals surface area contributed by atoms with Crippen molar-refractivity contribution in [1.82, 2.24) is 4.90 Å². The van der Waals surface area contributed by atoms with E-state index in [0.29, 0.717) is 6.04 Å². The molecule has 0 aromatic rings. The van der Waals surface area contributed by atoms with E-state index in [1.54, 1.807) is 0 Å². The third-order valence-corrected chi connectivity index (χ3v) is 1.42.